The topological polar surface area (TPSA) is 59.3 Å². The number of carbonyl (C=O) groups excluding carboxylic acids is 1. The largest absolute Gasteiger partial charge is 0.380 e. The van der Waals surface area contributed by atoms with Gasteiger partial charge in [-0.3, -0.25) is 4.79 Å². The molecule has 5 heteroatoms. The summed E-state index contributed by atoms with van der Waals surface area (Å²) in [5, 5.41) is 7.56. The van der Waals surface area contributed by atoms with Crippen LogP contribution in [-0.2, 0) is 17.8 Å². The molecule has 0 spiro atoms. The molecule has 1 aromatic carbocycles. The van der Waals surface area contributed by atoms with E-state index in [1.807, 2.05) is 12.1 Å². The first-order chi connectivity index (χ1) is 11.9. The lowest BCUT2D eigenvalue weighted by Gasteiger charge is -2.12. The third-order valence-corrected chi connectivity index (χ3v) is 4.25. The third-order valence-electron chi connectivity index (χ3n) is 4.25. The predicted molar refractivity (Wildman–Crippen MR) is 99.2 cm³/mol. The van der Waals surface area contributed by atoms with Crippen molar-refractivity contribution in [2.24, 2.45) is 0 Å². The summed E-state index contributed by atoms with van der Waals surface area (Å²) < 4.78 is 1.70. The van der Waals surface area contributed by atoms with Gasteiger partial charge in [-0.2, -0.15) is 5.10 Å². The molecule has 0 radical (unpaired) electrons. The smallest absolute Gasteiger partial charge is 0.155 e. The Morgan fingerprint density at radius 1 is 1.20 bits per heavy atom. The molecule has 1 N–H and O–H groups in total. The van der Waals surface area contributed by atoms with Crippen LogP contribution < -0.4 is 5.32 Å². The molecule has 0 aliphatic rings. The quantitative estimate of drug-likeness (QED) is 0.752. The standard InChI is InChI=1S/C20H22N4O/c1-13-5-6-17(9-14(13)2)12-21-16(4)19-11-18(10-15(3)25)24-20(23-19)7-8-22-24/h5-9,11,21H,4,10,12H2,1-3H3. The maximum absolute atomic E-state index is 11.5. The maximum atomic E-state index is 11.5. The van der Waals surface area contributed by atoms with E-state index in [-0.39, 0.29) is 5.78 Å². The number of hydrogen-bond donors (Lipinski definition) is 1. The minimum absolute atomic E-state index is 0.0858. The van der Waals surface area contributed by atoms with E-state index in [1.165, 1.54) is 16.7 Å². The number of rotatable bonds is 6. The molecule has 0 saturated carbocycles. The molecule has 128 valence electrons. The van der Waals surface area contributed by atoms with Crippen LogP contribution in [0.1, 0.15) is 35.0 Å². The van der Waals surface area contributed by atoms with Crippen molar-refractivity contribution >= 4 is 17.1 Å². The summed E-state index contributed by atoms with van der Waals surface area (Å²) in [6.07, 6.45) is 2.00. The van der Waals surface area contributed by atoms with Gasteiger partial charge in [0.1, 0.15) is 5.78 Å². The lowest BCUT2D eigenvalue weighted by Crippen LogP contribution is -2.14. The lowest BCUT2D eigenvalue weighted by atomic mass is 10.1. The highest BCUT2D eigenvalue weighted by atomic mass is 16.1. The Hall–Kier alpha value is -2.95. The molecule has 0 bridgehead atoms. The van der Waals surface area contributed by atoms with Gasteiger partial charge in [0.2, 0.25) is 0 Å². The number of fused-ring (bicyclic) bond motifs is 1. The van der Waals surface area contributed by atoms with Gasteiger partial charge in [-0.15, -0.1) is 0 Å². The van der Waals surface area contributed by atoms with Crippen molar-refractivity contribution in [3.63, 3.8) is 0 Å². The Morgan fingerprint density at radius 3 is 2.72 bits per heavy atom. The zero-order valence-corrected chi connectivity index (χ0v) is 14.8. The zero-order valence-electron chi connectivity index (χ0n) is 14.8. The average molecular weight is 334 g/mol. The molecule has 0 aliphatic heterocycles. The maximum Gasteiger partial charge on any atom is 0.155 e. The van der Waals surface area contributed by atoms with Crippen LogP contribution in [0.15, 0.2) is 43.1 Å². The molecule has 0 fully saturated rings. The van der Waals surface area contributed by atoms with E-state index in [2.05, 4.69) is 54.0 Å². The van der Waals surface area contributed by atoms with E-state index < -0.39 is 0 Å². The number of ketones is 1. The molecule has 0 saturated heterocycles. The molecule has 0 unspecified atom stereocenters. The fourth-order valence-electron chi connectivity index (χ4n) is 2.73. The van der Waals surface area contributed by atoms with E-state index in [0.717, 1.165) is 17.1 Å². The van der Waals surface area contributed by atoms with Gasteiger partial charge in [0.25, 0.3) is 0 Å². The van der Waals surface area contributed by atoms with Gasteiger partial charge in [0.15, 0.2) is 5.65 Å². The molecule has 0 atom stereocenters. The number of nitrogens with one attached hydrogen (secondary N) is 1. The van der Waals surface area contributed by atoms with Crippen LogP contribution in [0.25, 0.3) is 11.3 Å². The van der Waals surface area contributed by atoms with Crippen LogP contribution in [0.5, 0.6) is 0 Å². The second-order valence-electron chi connectivity index (χ2n) is 6.36. The van der Waals surface area contributed by atoms with Gasteiger partial charge in [0, 0.05) is 19.0 Å². The number of aromatic nitrogens is 3. The average Bonchev–Trinajstić information content (AvgIpc) is 3.04. The summed E-state index contributed by atoms with van der Waals surface area (Å²) in [5.41, 5.74) is 6.73. The number of carbonyl (C=O) groups is 1. The van der Waals surface area contributed by atoms with Crippen molar-refractivity contribution in [3.8, 4) is 0 Å². The van der Waals surface area contributed by atoms with Crippen LogP contribution >= 0.6 is 0 Å². The molecule has 0 aliphatic carbocycles. The summed E-state index contributed by atoms with van der Waals surface area (Å²) >= 11 is 0. The number of Topliss-reactive ketones (excluding diaryl/α,β-unsaturated/α-hetero) is 1. The fourth-order valence-corrected chi connectivity index (χ4v) is 2.73. The first kappa shape index (κ1) is 16.9. The van der Waals surface area contributed by atoms with E-state index in [9.17, 15) is 4.79 Å². The summed E-state index contributed by atoms with van der Waals surface area (Å²) in [5.74, 6) is 0.0858. The van der Waals surface area contributed by atoms with Crippen LogP contribution in [-0.4, -0.2) is 20.4 Å². The second kappa shape index (κ2) is 6.89. The van der Waals surface area contributed by atoms with Crippen molar-refractivity contribution in [1.82, 2.24) is 19.9 Å². The molecule has 2 aromatic heterocycles. The van der Waals surface area contributed by atoms with Crippen molar-refractivity contribution < 1.29 is 4.79 Å². The van der Waals surface area contributed by atoms with E-state index in [4.69, 9.17) is 0 Å². The van der Waals surface area contributed by atoms with Gasteiger partial charge in [-0.1, -0.05) is 24.8 Å². The van der Waals surface area contributed by atoms with Gasteiger partial charge in [-0.25, -0.2) is 9.50 Å². The van der Waals surface area contributed by atoms with Gasteiger partial charge in [0.05, 0.1) is 23.3 Å². The monoisotopic (exact) mass is 334 g/mol. The number of hydrogen-bond acceptors (Lipinski definition) is 4. The third kappa shape index (κ3) is 3.76. The minimum Gasteiger partial charge on any atom is -0.380 e. The SMILES string of the molecule is C=C(NCc1ccc(C)c(C)c1)c1cc(CC(C)=O)n2nccc2n1. The van der Waals surface area contributed by atoms with Gasteiger partial charge >= 0.3 is 0 Å². The van der Waals surface area contributed by atoms with Crippen LogP contribution in [0.3, 0.4) is 0 Å². The Labute approximate surface area is 147 Å². The van der Waals surface area contributed by atoms with Crippen LogP contribution in [0.2, 0.25) is 0 Å². The van der Waals surface area contributed by atoms with E-state index in [1.54, 1.807) is 17.6 Å². The lowest BCUT2D eigenvalue weighted by molar-refractivity contribution is -0.116. The normalized spacial score (nSPS) is 10.8. The number of nitrogens with zero attached hydrogens (tertiary/aromatic N) is 3. The van der Waals surface area contributed by atoms with E-state index in [0.29, 0.717) is 18.6 Å². The first-order valence-electron chi connectivity index (χ1n) is 8.26. The number of benzene rings is 1. The highest BCUT2D eigenvalue weighted by Gasteiger charge is 2.10. The summed E-state index contributed by atoms with van der Waals surface area (Å²) in [6, 6.07) is 10.1. The van der Waals surface area contributed by atoms with Crippen molar-refractivity contribution in [1.29, 1.82) is 0 Å². The van der Waals surface area contributed by atoms with Crippen LogP contribution in [0, 0.1) is 13.8 Å². The second-order valence-corrected chi connectivity index (χ2v) is 6.36. The number of aryl methyl sites for hydroxylation is 2. The molecular formula is C20H22N4O. The fraction of sp³-hybridized carbons (Fsp3) is 0.250. The Bertz CT molecular complexity index is 955. The summed E-state index contributed by atoms with van der Waals surface area (Å²) in [7, 11) is 0. The Balaban J connectivity index is 1.81. The molecule has 3 aromatic rings. The first-order valence-corrected chi connectivity index (χ1v) is 8.26. The molecular weight excluding hydrogens is 312 g/mol. The minimum atomic E-state index is 0.0858. The molecule has 3 rings (SSSR count). The Morgan fingerprint density at radius 2 is 2.00 bits per heavy atom. The highest BCUT2D eigenvalue weighted by molar-refractivity contribution is 5.78. The molecule has 2 heterocycles. The van der Waals surface area contributed by atoms with Crippen LogP contribution in [0.4, 0.5) is 0 Å². The molecule has 0 amide bonds. The van der Waals surface area contributed by atoms with Crippen molar-refractivity contribution in [3.05, 3.63) is 71.2 Å². The molecule has 25 heavy (non-hydrogen) atoms. The molecule has 5 nitrogen and oxygen atoms in total. The summed E-state index contributed by atoms with van der Waals surface area (Å²) in [4.78, 5) is 16.1. The van der Waals surface area contributed by atoms with Crippen molar-refractivity contribution in [2.75, 3.05) is 0 Å². The Kier molecular flexibility index (Phi) is 4.65. The summed E-state index contributed by atoms with van der Waals surface area (Å²) in [6.45, 7) is 10.6. The van der Waals surface area contributed by atoms with Gasteiger partial charge < -0.3 is 5.32 Å². The predicted octanol–water partition coefficient (Wildman–Crippen LogP) is 3.24. The van der Waals surface area contributed by atoms with Crippen molar-refractivity contribution in [2.45, 2.75) is 33.7 Å². The van der Waals surface area contributed by atoms with Gasteiger partial charge in [-0.05, 0) is 43.5 Å². The van der Waals surface area contributed by atoms with E-state index >= 15 is 0 Å². The zero-order chi connectivity index (χ0) is 18.0. The highest BCUT2D eigenvalue weighted by Crippen LogP contribution is 2.15.